The van der Waals surface area contributed by atoms with E-state index < -0.39 is 12.0 Å². The molecule has 2 rings (SSSR count). The molecule has 1 amide bonds. The molecular formula is C17H24N2O3. The number of nitrogens with one attached hydrogen (secondary N) is 1. The molecule has 1 aromatic rings. The zero-order chi connectivity index (χ0) is 16.3. The fraction of sp³-hybridized carbons (Fsp3) is 0.529. The Morgan fingerprint density at radius 2 is 1.82 bits per heavy atom. The average Bonchev–Trinajstić information content (AvgIpc) is 3.29. The summed E-state index contributed by atoms with van der Waals surface area (Å²) in [4.78, 5) is 25.1. The van der Waals surface area contributed by atoms with E-state index in [0.717, 1.165) is 18.5 Å². The van der Waals surface area contributed by atoms with Crippen LogP contribution >= 0.6 is 0 Å². The number of amides is 1. The summed E-state index contributed by atoms with van der Waals surface area (Å²) >= 11 is 0. The number of rotatable bonds is 7. The van der Waals surface area contributed by atoms with Crippen LogP contribution in [0.25, 0.3) is 0 Å². The van der Waals surface area contributed by atoms with Crippen molar-refractivity contribution >= 4 is 17.6 Å². The van der Waals surface area contributed by atoms with Gasteiger partial charge in [0.05, 0.1) is 6.54 Å². The molecular weight excluding hydrogens is 280 g/mol. The van der Waals surface area contributed by atoms with Gasteiger partial charge in [-0.25, -0.2) is 0 Å². The predicted octanol–water partition coefficient (Wildman–Crippen LogP) is 2.69. The van der Waals surface area contributed by atoms with Gasteiger partial charge < -0.3 is 10.4 Å². The Morgan fingerprint density at radius 1 is 1.23 bits per heavy atom. The van der Waals surface area contributed by atoms with E-state index in [9.17, 15) is 9.59 Å². The third kappa shape index (κ3) is 4.31. The van der Waals surface area contributed by atoms with Crippen LogP contribution < -0.4 is 5.32 Å². The van der Waals surface area contributed by atoms with Crippen LogP contribution in [0.2, 0.25) is 0 Å². The van der Waals surface area contributed by atoms with E-state index in [1.807, 2.05) is 24.3 Å². The third-order valence-corrected chi connectivity index (χ3v) is 4.06. The second-order valence-corrected chi connectivity index (χ2v) is 6.24. The van der Waals surface area contributed by atoms with Crippen LogP contribution in [0, 0.1) is 0 Å². The van der Waals surface area contributed by atoms with Crippen molar-refractivity contribution in [3.63, 3.8) is 0 Å². The minimum absolute atomic E-state index is 0.115. The molecule has 0 aromatic heterocycles. The molecule has 0 spiro atoms. The van der Waals surface area contributed by atoms with Gasteiger partial charge in [-0.3, -0.25) is 14.5 Å². The predicted molar refractivity (Wildman–Crippen MR) is 86.0 cm³/mol. The summed E-state index contributed by atoms with van der Waals surface area (Å²) in [6.45, 7) is 5.98. The number of hydrogen-bond donors (Lipinski definition) is 2. The van der Waals surface area contributed by atoms with Crippen molar-refractivity contribution in [2.75, 3.05) is 11.9 Å². The number of benzene rings is 1. The molecule has 0 bridgehead atoms. The first kappa shape index (κ1) is 16.5. The third-order valence-electron chi connectivity index (χ3n) is 4.06. The molecule has 1 unspecified atom stereocenters. The van der Waals surface area contributed by atoms with Gasteiger partial charge in [-0.2, -0.15) is 0 Å². The molecule has 0 heterocycles. The van der Waals surface area contributed by atoms with Crippen LogP contribution in [-0.2, 0) is 9.59 Å². The van der Waals surface area contributed by atoms with E-state index in [1.165, 1.54) is 5.56 Å². The molecule has 1 fully saturated rings. The Balaban J connectivity index is 1.94. The highest BCUT2D eigenvalue weighted by Crippen LogP contribution is 2.28. The van der Waals surface area contributed by atoms with Gasteiger partial charge >= 0.3 is 5.97 Å². The molecule has 1 atom stereocenters. The maximum absolute atomic E-state index is 12.2. The number of anilines is 1. The molecule has 2 N–H and O–H groups in total. The molecule has 5 heteroatoms. The number of carbonyl (C=O) groups is 2. The zero-order valence-corrected chi connectivity index (χ0v) is 13.4. The van der Waals surface area contributed by atoms with Crippen molar-refractivity contribution < 1.29 is 14.7 Å². The van der Waals surface area contributed by atoms with Gasteiger partial charge in [0, 0.05) is 11.7 Å². The van der Waals surface area contributed by atoms with E-state index >= 15 is 0 Å². The monoisotopic (exact) mass is 304 g/mol. The fourth-order valence-corrected chi connectivity index (χ4v) is 2.45. The van der Waals surface area contributed by atoms with Crippen LogP contribution in [-0.4, -0.2) is 40.5 Å². The number of carbonyl (C=O) groups excluding carboxylic acids is 1. The highest BCUT2D eigenvalue weighted by Gasteiger charge is 2.36. The number of carboxylic acid groups (broad SMARTS) is 1. The Hall–Kier alpha value is -1.88. The van der Waals surface area contributed by atoms with E-state index in [1.54, 1.807) is 11.8 Å². The van der Waals surface area contributed by atoms with Gasteiger partial charge in [-0.1, -0.05) is 26.0 Å². The SMILES string of the molecule is CC(C)c1ccc(NC(=O)CN(C2CC2)C(C)C(=O)O)cc1. The molecule has 120 valence electrons. The molecule has 1 aromatic carbocycles. The van der Waals surface area contributed by atoms with Crippen LogP contribution in [0.5, 0.6) is 0 Å². The summed E-state index contributed by atoms with van der Waals surface area (Å²) in [5, 5.41) is 12.0. The van der Waals surface area contributed by atoms with Gasteiger partial charge in [0.2, 0.25) is 5.91 Å². The van der Waals surface area contributed by atoms with Crippen molar-refractivity contribution in [1.29, 1.82) is 0 Å². The summed E-state index contributed by atoms with van der Waals surface area (Å²) in [7, 11) is 0. The first-order valence-corrected chi connectivity index (χ1v) is 7.77. The van der Waals surface area contributed by atoms with Crippen molar-refractivity contribution in [2.45, 2.75) is 51.6 Å². The first-order valence-electron chi connectivity index (χ1n) is 7.77. The Bertz CT molecular complexity index is 535. The lowest BCUT2D eigenvalue weighted by molar-refractivity contribution is -0.143. The summed E-state index contributed by atoms with van der Waals surface area (Å²) in [6, 6.07) is 7.35. The lowest BCUT2D eigenvalue weighted by Gasteiger charge is -2.25. The lowest BCUT2D eigenvalue weighted by Crippen LogP contribution is -2.44. The fourth-order valence-electron chi connectivity index (χ4n) is 2.45. The maximum atomic E-state index is 12.2. The molecule has 1 aliphatic carbocycles. The number of hydrogen-bond acceptors (Lipinski definition) is 3. The van der Waals surface area contributed by atoms with Gasteiger partial charge in [0.15, 0.2) is 0 Å². The molecule has 1 saturated carbocycles. The first-order chi connectivity index (χ1) is 10.4. The highest BCUT2D eigenvalue weighted by molar-refractivity contribution is 5.92. The zero-order valence-electron chi connectivity index (χ0n) is 13.4. The minimum atomic E-state index is -0.888. The lowest BCUT2D eigenvalue weighted by atomic mass is 10.0. The summed E-state index contributed by atoms with van der Waals surface area (Å²) in [5.74, 6) is -0.607. The molecule has 22 heavy (non-hydrogen) atoms. The minimum Gasteiger partial charge on any atom is -0.480 e. The maximum Gasteiger partial charge on any atom is 0.320 e. The largest absolute Gasteiger partial charge is 0.480 e. The van der Waals surface area contributed by atoms with Crippen LogP contribution in [0.15, 0.2) is 24.3 Å². The Labute approximate surface area is 131 Å². The normalized spacial score (nSPS) is 15.9. The van der Waals surface area contributed by atoms with Crippen molar-refractivity contribution in [3.8, 4) is 0 Å². The highest BCUT2D eigenvalue weighted by atomic mass is 16.4. The average molecular weight is 304 g/mol. The van der Waals surface area contributed by atoms with Crippen LogP contribution in [0.1, 0.15) is 45.1 Å². The molecule has 1 aliphatic rings. The van der Waals surface area contributed by atoms with Gasteiger partial charge in [-0.15, -0.1) is 0 Å². The van der Waals surface area contributed by atoms with Crippen LogP contribution in [0.3, 0.4) is 0 Å². The number of nitrogens with zero attached hydrogens (tertiary/aromatic N) is 1. The molecule has 0 radical (unpaired) electrons. The van der Waals surface area contributed by atoms with Gasteiger partial charge in [0.25, 0.3) is 0 Å². The molecule has 0 saturated heterocycles. The molecule has 5 nitrogen and oxygen atoms in total. The topological polar surface area (TPSA) is 69.6 Å². The van der Waals surface area contributed by atoms with E-state index in [2.05, 4.69) is 19.2 Å². The van der Waals surface area contributed by atoms with E-state index in [0.29, 0.717) is 5.92 Å². The van der Waals surface area contributed by atoms with Crippen molar-refractivity contribution in [1.82, 2.24) is 4.90 Å². The summed E-state index contributed by atoms with van der Waals surface area (Å²) in [5.41, 5.74) is 1.96. The number of carboxylic acids is 1. The number of aliphatic carboxylic acids is 1. The van der Waals surface area contributed by atoms with Crippen LogP contribution in [0.4, 0.5) is 5.69 Å². The summed E-state index contributed by atoms with van der Waals surface area (Å²) in [6.07, 6.45) is 1.93. The van der Waals surface area contributed by atoms with Gasteiger partial charge in [-0.05, 0) is 43.4 Å². The Morgan fingerprint density at radius 3 is 2.27 bits per heavy atom. The Kier molecular flexibility index (Phi) is 5.19. The van der Waals surface area contributed by atoms with E-state index in [4.69, 9.17) is 5.11 Å². The summed E-state index contributed by atoms with van der Waals surface area (Å²) < 4.78 is 0. The van der Waals surface area contributed by atoms with Gasteiger partial charge in [0.1, 0.15) is 6.04 Å². The second-order valence-electron chi connectivity index (χ2n) is 6.24. The second kappa shape index (κ2) is 6.92. The van der Waals surface area contributed by atoms with Crippen molar-refractivity contribution in [2.24, 2.45) is 0 Å². The standard InChI is InChI=1S/C17H24N2O3/c1-11(2)13-4-6-14(7-5-13)18-16(20)10-19(15-8-9-15)12(3)17(21)22/h4-7,11-12,15H,8-10H2,1-3H3,(H,18,20)(H,21,22). The molecule has 0 aliphatic heterocycles. The quantitative estimate of drug-likeness (QED) is 0.812. The van der Waals surface area contributed by atoms with E-state index in [-0.39, 0.29) is 18.5 Å². The van der Waals surface area contributed by atoms with Crippen molar-refractivity contribution in [3.05, 3.63) is 29.8 Å². The smallest absolute Gasteiger partial charge is 0.320 e.